The summed E-state index contributed by atoms with van der Waals surface area (Å²) in [5.41, 5.74) is -2.09. The topological polar surface area (TPSA) is 96.4 Å². The van der Waals surface area contributed by atoms with Crippen molar-refractivity contribution in [3.8, 4) is 0 Å². The molecule has 202 valence electrons. The lowest BCUT2D eigenvalue weighted by Crippen LogP contribution is -2.60. The van der Waals surface area contributed by atoms with Crippen LogP contribution in [0, 0.1) is 23.7 Å². The molecule has 3 rings (SSSR count). The van der Waals surface area contributed by atoms with Gasteiger partial charge in [-0.3, -0.25) is 14.4 Å². The molecule has 8 heteroatoms. The molecule has 2 bridgehead atoms. The molecule has 0 aromatic heterocycles. The Bertz CT molecular complexity index is 887. The normalized spacial score (nSPS) is 33.7. The molecule has 0 radical (unpaired) electrons. The summed E-state index contributed by atoms with van der Waals surface area (Å²) in [6.07, 6.45) is 5.28. The van der Waals surface area contributed by atoms with Crippen molar-refractivity contribution in [3.05, 3.63) is 25.3 Å². The fourth-order valence-electron chi connectivity index (χ4n) is 6.63. The molecule has 1 spiro atoms. The molecular formula is C28H44N2O6. The number of carbonyl (C=O) groups is 3. The second kappa shape index (κ2) is 10.7. The van der Waals surface area contributed by atoms with Crippen LogP contribution in [0.3, 0.4) is 0 Å². The molecule has 3 unspecified atom stereocenters. The number of fused-ring (bicyclic) bond motifs is 1. The molecule has 0 saturated carbocycles. The zero-order valence-corrected chi connectivity index (χ0v) is 22.7. The van der Waals surface area contributed by atoms with Gasteiger partial charge >= 0.3 is 5.97 Å². The lowest BCUT2D eigenvalue weighted by atomic mass is 9.62. The van der Waals surface area contributed by atoms with Crippen molar-refractivity contribution in [2.24, 2.45) is 23.7 Å². The number of esters is 1. The van der Waals surface area contributed by atoms with E-state index in [9.17, 15) is 19.5 Å². The van der Waals surface area contributed by atoms with Crippen molar-refractivity contribution in [2.45, 2.75) is 90.1 Å². The molecule has 8 nitrogen and oxygen atoms in total. The van der Waals surface area contributed by atoms with E-state index >= 15 is 0 Å². The van der Waals surface area contributed by atoms with Crippen molar-refractivity contribution >= 4 is 17.8 Å². The number of rotatable bonds is 12. The van der Waals surface area contributed by atoms with E-state index in [4.69, 9.17) is 9.47 Å². The highest BCUT2D eigenvalue weighted by atomic mass is 16.6. The smallest absolute Gasteiger partial charge is 0.312 e. The number of unbranched alkanes of at least 4 members (excludes halogenated alkanes) is 1. The van der Waals surface area contributed by atoms with E-state index in [0.717, 1.165) is 6.42 Å². The van der Waals surface area contributed by atoms with Crippen molar-refractivity contribution in [1.29, 1.82) is 0 Å². The van der Waals surface area contributed by atoms with E-state index in [2.05, 4.69) is 13.2 Å². The van der Waals surface area contributed by atoms with Gasteiger partial charge in [-0.15, -0.1) is 13.2 Å². The predicted molar refractivity (Wildman–Crippen MR) is 137 cm³/mol. The average molecular weight is 505 g/mol. The van der Waals surface area contributed by atoms with Gasteiger partial charge in [0.1, 0.15) is 17.6 Å². The largest absolute Gasteiger partial charge is 0.465 e. The zero-order valence-electron chi connectivity index (χ0n) is 22.7. The van der Waals surface area contributed by atoms with Crippen molar-refractivity contribution in [3.63, 3.8) is 0 Å². The van der Waals surface area contributed by atoms with Gasteiger partial charge in [0.2, 0.25) is 11.8 Å². The molecule has 3 saturated heterocycles. The number of hydrogen-bond acceptors (Lipinski definition) is 6. The Morgan fingerprint density at radius 2 is 1.94 bits per heavy atom. The summed E-state index contributed by atoms with van der Waals surface area (Å²) in [5.74, 6) is -2.85. The highest BCUT2D eigenvalue weighted by Gasteiger charge is 2.80. The molecule has 3 aliphatic heterocycles. The van der Waals surface area contributed by atoms with Crippen LogP contribution in [0.25, 0.3) is 0 Å². The molecule has 3 heterocycles. The van der Waals surface area contributed by atoms with E-state index < -0.39 is 41.1 Å². The Balaban J connectivity index is 2.11. The average Bonchev–Trinajstić information content (AvgIpc) is 3.32. The summed E-state index contributed by atoms with van der Waals surface area (Å²) in [5, 5.41) is 10.3. The van der Waals surface area contributed by atoms with Gasteiger partial charge < -0.3 is 24.4 Å². The van der Waals surface area contributed by atoms with Gasteiger partial charge in [-0.05, 0) is 51.9 Å². The van der Waals surface area contributed by atoms with Gasteiger partial charge in [-0.25, -0.2) is 0 Å². The third-order valence-corrected chi connectivity index (χ3v) is 8.58. The van der Waals surface area contributed by atoms with E-state index in [-0.39, 0.29) is 42.9 Å². The summed E-state index contributed by atoms with van der Waals surface area (Å²) in [7, 11) is 0. The summed E-state index contributed by atoms with van der Waals surface area (Å²) < 4.78 is 12.4. The first-order chi connectivity index (χ1) is 16.9. The molecule has 7 atom stereocenters. The summed E-state index contributed by atoms with van der Waals surface area (Å²) >= 11 is 0. The molecule has 2 amide bonds. The van der Waals surface area contributed by atoms with Crippen LogP contribution in [0.1, 0.15) is 60.8 Å². The van der Waals surface area contributed by atoms with Gasteiger partial charge in [0.15, 0.2) is 0 Å². The Hall–Kier alpha value is -2.19. The van der Waals surface area contributed by atoms with E-state index in [0.29, 0.717) is 19.4 Å². The third-order valence-electron chi connectivity index (χ3n) is 8.58. The van der Waals surface area contributed by atoms with E-state index in [1.807, 2.05) is 41.5 Å². The molecular weight excluding hydrogens is 460 g/mol. The Morgan fingerprint density at radius 3 is 2.47 bits per heavy atom. The highest BCUT2D eigenvalue weighted by Crippen LogP contribution is 2.65. The van der Waals surface area contributed by atoms with Crippen molar-refractivity contribution in [2.75, 3.05) is 19.8 Å². The lowest BCUT2D eigenvalue weighted by Gasteiger charge is -2.41. The zero-order chi connectivity index (χ0) is 27.0. The number of allylic oxidation sites excluding steroid dienone is 1. The Kier molecular flexibility index (Phi) is 8.40. The molecule has 0 aromatic rings. The van der Waals surface area contributed by atoms with Gasteiger partial charge in [0.25, 0.3) is 0 Å². The quantitative estimate of drug-likeness (QED) is 0.249. The second-order valence-electron chi connectivity index (χ2n) is 11.4. The molecule has 3 fully saturated rings. The van der Waals surface area contributed by atoms with Crippen LogP contribution in [0.5, 0.6) is 0 Å². The van der Waals surface area contributed by atoms with Crippen LogP contribution in [-0.2, 0) is 23.9 Å². The van der Waals surface area contributed by atoms with E-state index in [1.54, 1.807) is 17.1 Å². The number of aliphatic hydroxyl groups is 1. The fraction of sp³-hybridized carbons (Fsp3) is 0.750. The first-order valence-electron chi connectivity index (χ1n) is 13.2. The second-order valence-corrected chi connectivity index (χ2v) is 11.4. The maximum Gasteiger partial charge on any atom is 0.312 e. The number of hydrogen-bond donors (Lipinski definition) is 1. The minimum atomic E-state index is -1.16. The monoisotopic (exact) mass is 504 g/mol. The highest BCUT2D eigenvalue weighted by molar-refractivity contribution is 5.99. The molecule has 3 aliphatic rings. The molecule has 0 aliphatic carbocycles. The third kappa shape index (κ3) is 4.30. The molecule has 0 aromatic carbocycles. The number of amides is 2. The number of nitrogens with zero attached hydrogens (tertiary/aromatic N) is 2. The molecule has 1 N–H and O–H groups in total. The summed E-state index contributed by atoms with van der Waals surface area (Å²) in [6, 6.07) is -1.66. The number of carbonyl (C=O) groups excluding carboxylic acids is 3. The summed E-state index contributed by atoms with van der Waals surface area (Å²) in [4.78, 5) is 45.1. The molecule has 36 heavy (non-hydrogen) atoms. The predicted octanol–water partition coefficient (Wildman–Crippen LogP) is 2.95. The Labute approximate surface area is 215 Å². The number of ether oxygens (including phenoxy) is 2. The Morgan fingerprint density at radius 1 is 1.28 bits per heavy atom. The fourth-order valence-corrected chi connectivity index (χ4v) is 6.63. The van der Waals surface area contributed by atoms with Crippen LogP contribution < -0.4 is 0 Å². The summed E-state index contributed by atoms with van der Waals surface area (Å²) in [6.45, 7) is 19.3. The van der Waals surface area contributed by atoms with E-state index in [1.165, 1.54) is 4.90 Å². The maximum atomic E-state index is 14.2. The van der Waals surface area contributed by atoms with Crippen LogP contribution in [-0.4, -0.2) is 81.8 Å². The van der Waals surface area contributed by atoms with Crippen molar-refractivity contribution < 1.29 is 29.0 Å². The van der Waals surface area contributed by atoms with Crippen molar-refractivity contribution in [1.82, 2.24) is 9.80 Å². The lowest BCUT2D eigenvalue weighted by molar-refractivity contribution is -0.164. The van der Waals surface area contributed by atoms with Crippen LogP contribution in [0.15, 0.2) is 25.3 Å². The SMILES string of the molecule is C=CCCCOC(=O)[C@@H]1[C@H]2C(=O)N([C@@H](CO)C(C)C)C(C(=O)N(CC=C)C(C)C)C23CC(C)[C@@]1(C)O3. The first kappa shape index (κ1) is 28.4. The van der Waals surface area contributed by atoms with Crippen LogP contribution in [0.4, 0.5) is 0 Å². The minimum absolute atomic E-state index is 0.0685. The van der Waals surface area contributed by atoms with Crippen LogP contribution >= 0.6 is 0 Å². The maximum absolute atomic E-state index is 14.2. The van der Waals surface area contributed by atoms with Gasteiger partial charge in [0.05, 0.1) is 30.8 Å². The minimum Gasteiger partial charge on any atom is -0.465 e. The van der Waals surface area contributed by atoms with Gasteiger partial charge in [-0.2, -0.15) is 0 Å². The number of aliphatic hydroxyl groups excluding tert-OH is 1. The first-order valence-corrected chi connectivity index (χ1v) is 13.2. The van der Waals surface area contributed by atoms with Crippen LogP contribution in [0.2, 0.25) is 0 Å². The standard InChI is InChI=1S/C28H44N2O6/c1-9-11-12-14-35-26(34)22-21-24(32)30(20(16-31)17(3)4)23(25(33)29(13-10-2)18(5)6)28(21)15-19(7)27(22,8)36-28/h9-10,17-23,31H,1-2,11-16H2,3-8H3/t19?,20-,21-,22-,23?,27+,28?/m0/s1. The van der Waals surface area contributed by atoms with Gasteiger partial charge in [-0.1, -0.05) is 32.9 Å². The number of likely N-dealkylation sites (tertiary alicyclic amines) is 1. The van der Waals surface area contributed by atoms with Gasteiger partial charge in [0, 0.05) is 12.6 Å².